The third kappa shape index (κ3) is 4.16. The van der Waals surface area contributed by atoms with E-state index in [9.17, 15) is 13.2 Å². The minimum Gasteiger partial charge on any atom is -0.308 e. The first-order chi connectivity index (χ1) is 12.2. The summed E-state index contributed by atoms with van der Waals surface area (Å²) in [5.41, 5.74) is 5.03. The van der Waals surface area contributed by atoms with E-state index in [0.717, 1.165) is 35.2 Å². The number of hydrogen-bond acceptors (Lipinski definition) is 3. The Morgan fingerprint density at radius 3 is 2.31 bits per heavy atom. The number of urea groups is 1. The van der Waals surface area contributed by atoms with Gasteiger partial charge in [0, 0.05) is 17.9 Å². The first-order valence-corrected chi connectivity index (χ1v) is 10.3. The summed E-state index contributed by atoms with van der Waals surface area (Å²) in [6.45, 7) is 4.41. The smallest absolute Gasteiger partial charge is 0.308 e. The Labute approximate surface area is 154 Å². The van der Waals surface area contributed by atoms with Crippen molar-refractivity contribution in [2.45, 2.75) is 26.7 Å². The topological polar surface area (TPSA) is 78.5 Å². The van der Waals surface area contributed by atoms with Crippen LogP contribution in [0.2, 0.25) is 0 Å². The molecule has 1 aliphatic rings. The maximum absolute atomic E-state index is 12.3. The number of amides is 2. The number of nitrogens with one attached hydrogen (secondary N) is 2. The van der Waals surface area contributed by atoms with Crippen LogP contribution in [0.4, 0.5) is 21.9 Å². The lowest BCUT2D eigenvalue weighted by Gasteiger charge is -2.29. The van der Waals surface area contributed by atoms with Crippen LogP contribution < -0.4 is 14.9 Å². The van der Waals surface area contributed by atoms with Crippen LogP contribution in [-0.2, 0) is 16.4 Å². The monoisotopic (exact) mass is 373 g/mol. The summed E-state index contributed by atoms with van der Waals surface area (Å²) in [5, 5.41) is 5.59. The van der Waals surface area contributed by atoms with Gasteiger partial charge in [-0.15, -0.1) is 0 Å². The highest BCUT2D eigenvalue weighted by atomic mass is 32.2. The molecule has 26 heavy (non-hydrogen) atoms. The molecular formula is C19H23N3O3S. The van der Waals surface area contributed by atoms with Crippen molar-refractivity contribution in [2.24, 2.45) is 0 Å². The van der Waals surface area contributed by atoms with E-state index in [1.807, 2.05) is 38.1 Å². The van der Waals surface area contributed by atoms with Crippen molar-refractivity contribution in [1.82, 2.24) is 0 Å². The Morgan fingerprint density at radius 1 is 1.00 bits per heavy atom. The molecule has 0 saturated heterocycles. The highest BCUT2D eigenvalue weighted by Gasteiger charge is 2.24. The second-order valence-corrected chi connectivity index (χ2v) is 8.64. The highest BCUT2D eigenvalue weighted by molar-refractivity contribution is 7.92. The second-order valence-electron chi connectivity index (χ2n) is 6.74. The molecular weight excluding hydrogens is 350 g/mol. The van der Waals surface area contributed by atoms with Gasteiger partial charge in [0.1, 0.15) is 0 Å². The second kappa shape index (κ2) is 6.99. The molecule has 138 valence electrons. The van der Waals surface area contributed by atoms with Gasteiger partial charge in [-0.1, -0.05) is 12.1 Å². The van der Waals surface area contributed by atoms with Gasteiger partial charge in [0.2, 0.25) is 10.0 Å². The molecule has 1 aliphatic heterocycles. The average Bonchev–Trinajstić information content (AvgIpc) is 2.52. The summed E-state index contributed by atoms with van der Waals surface area (Å²) in [4.78, 5) is 12.3. The Morgan fingerprint density at radius 2 is 1.65 bits per heavy atom. The van der Waals surface area contributed by atoms with Crippen LogP contribution in [0.1, 0.15) is 23.1 Å². The lowest BCUT2D eigenvalue weighted by atomic mass is 10.0. The molecule has 6 nitrogen and oxygen atoms in total. The molecule has 2 amide bonds. The minimum atomic E-state index is -3.34. The largest absolute Gasteiger partial charge is 0.323 e. The van der Waals surface area contributed by atoms with Gasteiger partial charge in [0.15, 0.2) is 0 Å². The predicted octanol–water partition coefficient (Wildman–Crippen LogP) is 3.66. The van der Waals surface area contributed by atoms with E-state index in [1.54, 1.807) is 12.1 Å². The number of aryl methyl sites for hydroxylation is 3. The van der Waals surface area contributed by atoms with Gasteiger partial charge < -0.3 is 10.6 Å². The van der Waals surface area contributed by atoms with Crippen LogP contribution in [0.25, 0.3) is 0 Å². The van der Waals surface area contributed by atoms with E-state index in [1.165, 1.54) is 10.6 Å². The molecule has 3 rings (SSSR count). The molecule has 0 spiro atoms. The predicted molar refractivity (Wildman–Crippen MR) is 106 cm³/mol. The van der Waals surface area contributed by atoms with Crippen LogP contribution in [-0.4, -0.2) is 27.2 Å². The SMILES string of the molecule is Cc1cc(C)cc(NC(=O)Nc2ccc3c(c2)N(S(C)(=O)=O)CCC3)c1. The zero-order valence-electron chi connectivity index (χ0n) is 15.2. The Kier molecular flexibility index (Phi) is 4.91. The number of sulfonamides is 1. The maximum atomic E-state index is 12.3. The summed E-state index contributed by atoms with van der Waals surface area (Å²) in [6.07, 6.45) is 2.82. The first-order valence-electron chi connectivity index (χ1n) is 8.49. The lowest BCUT2D eigenvalue weighted by Crippen LogP contribution is -2.34. The molecule has 0 fully saturated rings. The van der Waals surface area contributed by atoms with E-state index in [-0.39, 0.29) is 6.03 Å². The van der Waals surface area contributed by atoms with E-state index in [4.69, 9.17) is 0 Å². The van der Waals surface area contributed by atoms with Crippen LogP contribution in [0.3, 0.4) is 0 Å². The molecule has 0 atom stereocenters. The number of carbonyl (C=O) groups excluding carboxylic acids is 1. The van der Waals surface area contributed by atoms with Gasteiger partial charge in [-0.25, -0.2) is 13.2 Å². The van der Waals surface area contributed by atoms with Crippen molar-refractivity contribution in [3.05, 3.63) is 53.1 Å². The molecule has 0 radical (unpaired) electrons. The van der Waals surface area contributed by atoms with Crippen molar-refractivity contribution in [2.75, 3.05) is 27.7 Å². The number of nitrogens with zero attached hydrogens (tertiary/aromatic N) is 1. The van der Waals surface area contributed by atoms with Crippen molar-refractivity contribution >= 4 is 33.1 Å². The molecule has 0 saturated carbocycles. The molecule has 7 heteroatoms. The normalized spacial score (nSPS) is 13.9. The third-order valence-corrected chi connectivity index (χ3v) is 5.48. The number of anilines is 3. The van der Waals surface area contributed by atoms with Gasteiger partial charge in [-0.3, -0.25) is 4.31 Å². The fourth-order valence-corrected chi connectivity index (χ4v) is 4.29. The van der Waals surface area contributed by atoms with Crippen LogP contribution in [0, 0.1) is 13.8 Å². The quantitative estimate of drug-likeness (QED) is 0.862. The number of benzene rings is 2. The van der Waals surface area contributed by atoms with E-state index in [2.05, 4.69) is 10.6 Å². The number of carbonyl (C=O) groups is 1. The van der Waals surface area contributed by atoms with Gasteiger partial charge in [0.05, 0.1) is 11.9 Å². The number of rotatable bonds is 3. The Bertz CT molecular complexity index is 934. The number of fused-ring (bicyclic) bond motifs is 1. The van der Waals surface area contributed by atoms with E-state index in [0.29, 0.717) is 17.9 Å². The summed E-state index contributed by atoms with van der Waals surface area (Å²) in [5.74, 6) is 0. The minimum absolute atomic E-state index is 0.364. The summed E-state index contributed by atoms with van der Waals surface area (Å²) >= 11 is 0. The molecule has 1 heterocycles. The zero-order chi connectivity index (χ0) is 18.9. The van der Waals surface area contributed by atoms with Crippen LogP contribution >= 0.6 is 0 Å². The Balaban J connectivity index is 1.79. The molecule has 0 aliphatic carbocycles. The molecule has 2 aromatic carbocycles. The third-order valence-electron chi connectivity index (χ3n) is 4.30. The van der Waals surface area contributed by atoms with E-state index < -0.39 is 10.0 Å². The maximum Gasteiger partial charge on any atom is 0.323 e. The molecule has 0 unspecified atom stereocenters. The van der Waals surface area contributed by atoms with Crippen molar-refractivity contribution in [1.29, 1.82) is 0 Å². The zero-order valence-corrected chi connectivity index (χ0v) is 16.0. The lowest BCUT2D eigenvalue weighted by molar-refractivity contribution is 0.262. The standard InChI is InChI=1S/C19H23N3O3S/c1-13-9-14(2)11-17(10-13)21-19(23)20-16-7-6-15-5-4-8-22(18(15)12-16)26(3,24)25/h6-7,9-12H,4-5,8H2,1-3H3,(H2,20,21,23). The van der Waals surface area contributed by atoms with Gasteiger partial charge in [-0.05, 0) is 67.6 Å². The van der Waals surface area contributed by atoms with Crippen LogP contribution in [0.15, 0.2) is 36.4 Å². The summed E-state index contributed by atoms with van der Waals surface area (Å²) in [6, 6.07) is 10.8. The molecule has 2 aromatic rings. The van der Waals surface area contributed by atoms with Gasteiger partial charge in [0.25, 0.3) is 0 Å². The summed E-state index contributed by atoms with van der Waals surface area (Å²) in [7, 11) is -3.34. The molecule has 0 aromatic heterocycles. The van der Waals surface area contributed by atoms with E-state index >= 15 is 0 Å². The van der Waals surface area contributed by atoms with Crippen LogP contribution in [0.5, 0.6) is 0 Å². The fourth-order valence-electron chi connectivity index (χ4n) is 3.30. The Hall–Kier alpha value is -2.54. The molecule has 2 N–H and O–H groups in total. The van der Waals surface area contributed by atoms with Gasteiger partial charge in [-0.2, -0.15) is 0 Å². The van der Waals surface area contributed by atoms with Crippen molar-refractivity contribution in [3.63, 3.8) is 0 Å². The first kappa shape index (κ1) is 18.3. The highest BCUT2D eigenvalue weighted by Crippen LogP contribution is 2.31. The average molecular weight is 373 g/mol. The fraction of sp³-hybridized carbons (Fsp3) is 0.316. The number of hydrogen-bond donors (Lipinski definition) is 2. The summed E-state index contributed by atoms with van der Waals surface area (Å²) < 4.78 is 25.4. The van der Waals surface area contributed by atoms with Gasteiger partial charge >= 0.3 is 6.03 Å². The van der Waals surface area contributed by atoms with Crippen molar-refractivity contribution in [3.8, 4) is 0 Å². The molecule has 0 bridgehead atoms. The van der Waals surface area contributed by atoms with Crippen molar-refractivity contribution < 1.29 is 13.2 Å².